The van der Waals surface area contributed by atoms with E-state index in [0.29, 0.717) is 35.3 Å². The quantitative estimate of drug-likeness (QED) is 0.400. The molecule has 9 heteroatoms. The van der Waals surface area contributed by atoms with Crippen molar-refractivity contribution < 1.29 is 9.53 Å². The van der Waals surface area contributed by atoms with Gasteiger partial charge < -0.3 is 14.6 Å². The van der Waals surface area contributed by atoms with Crippen LogP contribution in [-0.4, -0.2) is 37.2 Å². The van der Waals surface area contributed by atoms with E-state index in [-0.39, 0.29) is 25.4 Å². The Labute approximate surface area is 211 Å². The maximum Gasteiger partial charge on any atom is 0.260 e. The van der Waals surface area contributed by atoms with E-state index < -0.39 is 0 Å². The third kappa shape index (κ3) is 5.05. The van der Waals surface area contributed by atoms with Crippen LogP contribution in [0.25, 0.3) is 22.6 Å². The summed E-state index contributed by atoms with van der Waals surface area (Å²) in [4.78, 5) is 22.4. The lowest BCUT2D eigenvalue weighted by molar-refractivity contribution is 0.102. The molecule has 4 heterocycles. The summed E-state index contributed by atoms with van der Waals surface area (Å²) in [7, 11) is 0. The fourth-order valence-electron chi connectivity index (χ4n) is 4.23. The molecule has 3 aromatic heterocycles. The third-order valence-corrected chi connectivity index (χ3v) is 6.02. The Kier molecular flexibility index (Phi) is 7.16. The number of anilines is 1. The van der Waals surface area contributed by atoms with Crippen LogP contribution in [-0.2, 0) is 0 Å². The van der Waals surface area contributed by atoms with Crippen molar-refractivity contribution in [2.45, 2.75) is 39.7 Å². The SMILES string of the molecule is Cc1ccc(-c2ccc3c(c2)C(=O)Nc2cccc(n2)-c2nnc(C)n2[C@@H](C)CCCO3)cn1.S. The second-order valence-electron chi connectivity index (χ2n) is 8.54. The smallest absolute Gasteiger partial charge is 0.260 e. The number of rotatable bonds is 1. The Balaban J connectivity index is 0.00000289. The van der Waals surface area contributed by atoms with Crippen LogP contribution < -0.4 is 10.1 Å². The van der Waals surface area contributed by atoms with Gasteiger partial charge in [-0.1, -0.05) is 18.2 Å². The molecule has 4 aromatic rings. The second-order valence-corrected chi connectivity index (χ2v) is 8.54. The predicted molar refractivity (Wildman–Crippen MR) is 140 cm³/mol. The van der Waals surface area contributed by atoms with Gasteiger partial charge in [-0.3, -0.25) is 9.78 Å². The van der Waals surface area contributed by atoms with Crippen LogP contribution in [0, 0.1) is 13.8 Å². The number of hydrogen-bond donors (Lipinski definition) is 1. The lowest BCUT2D eigenvalue weighted by atomic mass is 10.0. The van der Waals surface area contributed by atoms with Gasteiger partial charge in [0, 0.05) is 23.5 Å². The van der Waals surface area contributed by atoms with E-state index in [0.717, 1.165) is 35.5 Å². The van der Waals surface area contributed by atoms with E-state index in [1.54, 1.807) is 6.07 Å². The van der Waals surface area contributed by atoms with Gasteiger partial charge in [-0.15, -0.1) is 10.2 Å². The van der Waals surface area contributed by atoms with Crippen LogP contribution in [0.5, 0.6) is 5.75 Å². The summed E-state index contributed by atoms with van der Waals surface area (Å²) >= 11 is 0. The molecule has 0 saturated carbocycles. The minimum absolute atomic E-state index is 0. The topological polar surface area (TPSA) is 94.8 Å². The van der Waals surface area contributed by atoms with Crippen molar-refractivity contribution in [1.29, 1.82) is 0 Å². The van der Waals surface area contributed by atoms with Crippen LogP contribution in [0.15, 0.2) is 54.7 Å². The summed E-state index contributed by atoms with van der Waals surface area (Å²) in [5, 5.41) is 11.6. The summed E-state index contributed by atoms with van der Waals surface area (Å²) in [5.74, 6) is 2.21. The van der Waals surface area contributed by atoms with Gasteiger partial charge in [0.1, 0.15) is 23.1 Å². The molecule has 0 radical (unpaired) electrons. The Morgan fingerprint density at radius 2 is 1.89 bits per heavy atom. The van der Waals surface area contributed by atoms with Crippen LogP contribution in [0.3, 0.4) is 0 Å². The highest BCUT2D eigenvalue weighted by atomic mass is 32.1. The van der Waals surface area contributed by atoms with Crippen molar-refractivity contribution in [2.75, 3.05) is 11.9 Å². The van der Waals surface area contributed by atoms with Crippen molar-refractivity contribution in [3.63, 3.8) is 0 Å². The lowest BCUT2D eigenvalue weighted by Gasteiger charge is -2.19. The number of fused-ring (bicyclic) bond motifs is 5. The molecular formula is C26H28N6O2S. The number of nitrogens with zero attached hydrogens (tertiary/aromatic N) is 5. The first-order chi connectivity index (χ1) is 16.5. The number of hydrogen-bond acceptors (Lipinski definition) is 6. The molecule has 1 N–H and O–H groups in total. The van der Waals surface area contributed by atoms with Crippen LogP contribution in [0.4, 0.5) is 5.82 Å². The first-order valence-corrected chi connectivity index (χ1v) is 11.4. The van der Waals surface area contributed by atoms with Crippen molar-refractivity contribution in [3.05, 3.63) is 71.8 Å². The Morgan fingerprint density at radius 3 is 2.69 bits per heavy atom. The Hall–Kier alpha value is -3.72. The van der Waals surface area contributed by atoms with Crippen LogP contribution in [0.1, 0.15) is 47.7 Å². The van der Waals surface area contributed by atoms with Gasteiger partial charge in [0.2, 0.25) is 0 Å². The van der Waals surface area contributed by atoms with Crippen LogP contribution >= 0.6 is 13.5 Å². The fraction of sp³-hybridized carbons (Fsp3) is 0.269. The molecule has 5 rings (SSSR count). The summed E-state index contributed by atoms with van der Waals surface area (Å²) in [6.07, 6.45) is 3.50. The van der Waals surface area contributed by atoms with E-state index >= 15 is 0 Å². The van der Waals surface area contributed by atoms with Crippen LogP contribution in [0.2, 0.25) is 0 Å². The van der Waals surface area contributed by atoms with Crippen molar-refractivity contribution in [1.82, 2.24) is 24.7 Å². The van der Waals surface area contributed by atoms with Gasteiger partial charge in [-0.05, 0) is 69.5 Å². The molecule has 1 aliphatic rings. The molecule has 0 aliphatic carbocycles. The van der Waals surface area contributed by atoms with Gasteiger partial charge >= 0.3 is 0 Å². The summed E-state index contributed by atoms with van der Waals surface area (Å²) in [6, 6.07) is 15.3. The van der Waals surface area contributed by atoms with Gasteiger partial charge in [0.15, 0.2) is 5.82 Å². The number of carbonyl (C=O) groups is 1. The van der Waals surface area contributed by atoms with E-state index in [1.807, 2.05) is 62.5 Å². The average Bonchev–Trinajstić information content (AvgIpc) is 3.23. The highest BCUT2D eigenvalue weighted by Gasteiger charge is 2.20. The molecular weight excluding hydrogens is 460 g/mol. The highest BCUT2D eigenvalue weighted by molar-refractivity contribution is 7.59. The first kappa shape index (κ1) is 24.4. The molecule has 35 heavy (non-hydrogen) atoms. The summed E-state index contributed by atoms with van der Waals surface area (Å²) in [6.45, 7) is 6.53. The number of benzene rings is 1. The molecule has 0 fully saturated rings. The number of amides is 1. The number of nitrogens with one attached hydrogen (secondary N) is 1. The van der Waals surface area contributed by atoms with Crippen molar-refractivity contribution in [3.8, 4) is 28.4 Å². The monoisotopic (exact) mass is 488 g/mol. The predicted octanol–water partition coefficient (Wildman–Crippen LogP) is 5.12. The van der Waals surface area contributed by atoms with Crippen molar-refractivity contribution in [2.24, 2.45) is 0 Å². The molecule has 1 atom stereocenters. The largest absolute Gasteiger partial charge is 0.493 e. The zero-order valence-electron chi connectivity index (χ0n) is 19.9. The lowest BCUT2D eigenvalue weighted by Crippen LogP contribution is -2.17. The van der Waals surface area contributed by atoms with E-state index in [9.17, 15) is 4.79 Å². The molecule has 8 nitrogen and oxygen atoms in total. The molecule has 180 valence electrons. The molecule has 1 amide bonds. The third-order valence-electron chi connectivity index (χ3n) is 6.02. The fourth-order valence-corrected chi connectivity index (χ4v) is 4.23. The zero-order chi connectivity index (χ0) is 23.7. The Bertz CT molecular complexity index is 1350. The van der Waals surface area contributed by atoms with Gasteiger partial charge in [0.25, 0.3) is 5.91 Å². The number of aromatic nitrogens is 5. The standard InChI is InChI=1S/C26H26N6O2.H2S/c1-16-9-10-20(15-27-16)19-11-12-23-21(14-19)26(33)29-24-8-4-7-22(28-24)25-31-30-18(3)32(25)17(2)6-5-13-34-23;/h4,7-12,14-15,17H,5-6,13H2,1-3H3,(H,28,29,33);1H2/t17-;/m0./s1. The van der Waals surface area contributed by atoms with Crippen molar-refractivity contribution >= 4 is 25.2 Å². The molecule has 1 aromatic carbocycles. The number of aryl methyl sites for hydroxylation is 2. The second kappa shape index (κ2) is 10.3. The number of ether oxygens (including phenoxy) is 1. The van der Waals surface area contributed by atoms with E-state index in [4.69, 9.17) is 4.74 Å². The summed E-state index contributed by atoms with van der Waals surface area (Å²) in [5.41, 5.74) is 3.89. The molecule has 0 unspecified atom stereocenters. The highest BCUT2D eigenvalue weighted by Crippen LogP contribution is 2.29. The first-order valence-electron chi connectivity index (χ1n) is 11.4. The average molecular weight is 489 g/mol. The minimum Gasteiger partial charge on any atom is -0.493 e. The summed E-state index contributed by atoms with van der Waals surface area (Å²) < 4.78 is 8.17. The van der Waals surface area contributed by atoms with Gasteiger partial charge in [-0.2, -0.15) is 13.5 Å². The maximum absolute atomic E-state index is 13.3. The zero-order valence-corrected chi connectivity index (χ0v) is 20.9. The molecule has 0 saturated heterocycles. The molecule has 1 aliphatic heterocycles. The minimum atomic E-state index is -0.287. The normalized spacial score (nSPS) is 15.5. The molecule has 2 bridgehead atoms. The number of carbonyl (C=O) groups excluding carboxylic acids is 1. The maximum atomic E-state index is 13.3. The van der Waals surface area contributed by atoms with E-state index in [1.165, 1.54) is 0 Å². The van der Waals surface area contributed by atoms with Gasteiger partial charge in [0.05, 0.1) is 12.2 Å². The van der Waals surface area contributed by atoms with Gasteiger partial charge in [-0.25, -0.2) is 4.98 Å². The molecule has 0 spiro atoms. The van der Waals surface area contributed by atoms with E-state index in [2.05, 4.69) is 37.0 Å². The Morgan fingerprint density at radius 1 is 1.06 bits per heavy atom. The number of pyridine rings is 2.